The molecule has 0 unspecified atom stereocenters. The van der Waals surface area contributed by atoms with Gasteiger partial charge in [-0.3, -0.25) is 20.4 Å². The number of carboxylic acid groups (broad SMARTS) is 2. The molecule has 0 aromatic carbocycles. The van der Waals surface area contributed by atoms with Crippen molar-refractivity contribution >= 4 is 45.8 Å². The van der Waals surface area contributed by atoms with Crippen LogP contribution in [0, 0.1) is 0 Å². The highest BCUT2D eigenvalue weighted by Crippen LogP contribution is 2.07. The van der Waals surface area contributed by atoms with Crippen LogP contribution in [-0.2, 0) is 9.59 Å². The van der Waals surface area contributed by atoms with Crippen molar-refractivity contribution in [1.29, 1.82) is 0 Å². The molecule has 0 saturated heterocycles. The number of aliphatic carboxylic acids is 2. The topological polar surface area (TPSA) is 123 Å². The Bertz CT molecular complexity index is 322. The molecular weight excluding hydrogens is 256 g/mol. The third-order valence-electron chi connectivity index (χ3n) is 1.17. The summed E-state index contributed by atoms with van der Waals surface area (Å²) >= 11 is 1.95. The van der Waals surface area contributed by atoms with Crippen LogP contribution < -0.4 is 10.9 Å². The molecule has 0 bridgehead atoms. The highest BCUT2D eigenvalue weighted by Gasteiger charge is 2.11. The molecule has 0 saturated carbocycles. The van der Waals surface area contributed by atoms with Gasteiger partial charge in [-0.2, -0.15) is 0 Å². The molecule has 0 fully saturated rings. The second-order valence-corrected chi connectivity index (χ2v) is 4.35. The first-order valence-electron chi connectivity index (χ1n) is 3.94. The van der Waals surface area contributed by atoms with Crippen LogP contribution in [0.3, 0.4) is 0 Å². The fraction of sp³-hybridized carbons (Fsp3) is 0.333. The van der Waals surface area contributed by atoms with Gasteiger partial charge < -0.3 is 10.2 Å². The Morgan fingerprint density at radius 2 is 1.38 bits per heavy atom. The normalized spacial score (nSPS) is 14.2. The van der Waals surface area contributed by atoms with Gasteiger partial charge in [0.05, 0.1) is 11.5 Å². The molecule has 1 aliphatic heterocycles. The molecule has 4 N–H and O–H groups in total. The van der Waals surface area contributed by atoms with Gasteiger partial charge in [-0.15, -0.1) is 10.2 Å². The lowest BCUT2D eigenvalue weighted by Crippen LogP contribution is -2.31. The molecule has 1 aliphatic rings. The summed E-state index contributed by atoms with van der Waals surface area (Å²) in [6.07, 6.45) is 0. The Balaban J connectivity index is 2.29. The van der Waals surface area contributed by atoms with E-state index in [1.807, 2.05) is 0 Å². The van der Waals surface area contributed by atoms with Crippen LogP contribution in [0.15, 0.2) is 10.2 Å². The summed E-state index contributed by atoms with van der Waals surface area (Å²) in [4.78, 5) is 20.5. The van der Waals surface area contributed by atoms with Gasteiger partial charge in [0.1, 0.15) is 0 Å². The van der Waals surface area contributed by atoms with Gasteiger partial charge in [-0.1, -0.05) is 23.5 Å². The van der Waals surface area contributed by atoms with Crippen molar-refractivity contribution in [2.24, 2.45) is 10.2 Å². The number of amidine groups is 2. The van der Waals surface area contributed by atoms with Crippen molar-refractivity contribution in [3.05, 3.63) is 0 Å². The molecular formula is C6H8N4O4S2. The van der Waals surface area contributed by atoms with Crippen LogP contribution >= 0.6 is 23.5 Å². The van der Waals surface area contributed by atoms with Gasteiger partial charge in [0.15, 0.2) is 0 Å². The molecule has 1 heterocycles. The van der Waals surface area contributed by atoms with Crippen LogP contribution in [0.5, 0.6) is 0 Å². The first-order chi connectivity index (χ1) is 7.58. The molecule has 10 heteroatoms. The quantitative estimate of drug-likeness (QED) is 0.528. The van der Waals surface area contributed by atoms with Crippen molar-refractivity contribution < 1.29 is 19.8 Å². The summed E-state index contributed by atoms with van der Waals surface area (Å²) in [6, 6.07) is 0. The summed E-state index contributed by atoms with van der Waals surface area (Å²) in [5.41, 5.74) is 5.02. The SMILES string of the molecule is O=C(O)CSC1=NNC(SCC(=O)O)=NN1. The number of rotatable bonds is 4. The van der Waals surface area contributed by atoms with E-state index in [1.165, 1.54) is 0 Å². The summed E-state index contributed by atoms with van der Waals surface area (Å²) in [6.45, 7) is 0. The van der Waals surface area contributed by atoms with E-state index in [9.17, 15) is 9.59 Å². The predicted octanol–water partition coefficient (Wildman–Crippen LogP) is -0.643. The van der Waals surface area contributed by atoms with Crippen LogP contribution in [0.25, 0.3) is 0 Å². The molecule has 8 nitrogen and oxygen atoms in total. The van der Waals surface area contributed by atoms with Crippen molar-refractivity contribution in [3.63, 3.8) is 0 Å². The predicted molar refractivity (Wildman–Crippen MR) is 61.3 cm³/mol. The highest BCUT2D eigenvalue weighted by atomic mass is 32.2. The molecule has 0 amide bonds. The maximum absolute atomic E-state index is 10.3. The van der Waals surface area contributed by atoms with Gasteiger partial charge in [-0.05, 0) is 0 Å². The summed E-state index contributed by atoms with van der Waals surface area (Å²) < 4.78 is 0. The molecule has 1 rings (SSSR count). The van der Waals surface area contributed by atoms with E-state index >= 15 is 0 Å². The van der Waals surface area contributed by atoms with Crippen molar-refractivity contribution in [3.8, 4) is 0 Å². The summed E-state index contributed by atoms with van der Waals surface area (Å²) in [5, 5.41) is 25.0. The van der Waals surface area contributed by atoms with Crippen LogP contribution in [0.1, 0.15) is 0 Å². The van der Waals surface area contributed by atoms with Gasteiger partial charge in [0, 0.05) is 0 Å². The van der Waals surface area contributed by atoms with Gasteiger partial charge in [0.25, 0.3) is 0 Å². The molecule has 0 radical (unpaired) electrons. The molecule has 0 aromatic rings. The highest BCUT2D eigenvalue weighted by molar-refractivity contribution is 8.15. The largest absolute Gasteiger partial charge is 0.481 e. The maximum atomic E-state index is 10.3. The number of carboxylic acids is 2. The Hall–Kier alpha value is -1.42. The Morgan fingerprint density at radius 3 is 1.62 bits per heavy atom. The number of hydrazone groups is 2. The number of nitrogens with one attached hydrogen (secondary N) is 2. The zero-order chi connectivity index (χ0) is 12.0. The minimum Gasteiger partial charge on any atom is -0.481 e. The zero-order valence-corrected chi connectivity index (χ0v) is 9.47. The van der Waals surface area contributed by atoms with Gasteiger partial charge >= 0.3 is 11.9 Å². The van der Waals surface area contributed by atoms with Crippen molar-refractivity contribution in [1.82, 2.24) is 10.9 Å². The maximum Gasteiger partial charge on any atom is 0.313 e. The standard InChI is InChI=1S/C6H8N4O4S2/c11-3(12)1-15-5-7-9-6(10-8-5)16-2-4(13)14/h1-2H2,(H,7,8)(H,9,10)(H,11,12)(H,13,14). The van der Waals surface area contributed by atoms with Crippen molar-refractivity contribution in [2.45, 2.75) is 0 Å². The van der Waals surface area contributed by atoms with E-state index in [1.54, 1.807) is 0 Å². The number of carbonyl (C=O) groups is 2. The first-order valence-corrected chi connectivity index (χ1v) is 5.91. The molecule has 88 valence electrons. The zero-order valence-electron chi connectivity index (χ0n) is 7.84. The number of thioether (sulfide) groups is 2. The summed E-state index contributed by atoms with van der Waals surface area (Å²) in [5.74, 6) is -2.16. The van der Waals surface area contributed by atoms with Gasteiger partial charge in [0.2, 0.25) is 10.3 Å². The fourth-order valence-corrected chi connectivity index (χ4v) is 1.60. The van der Waals surface area contributed by atoms with E-state index in [0.717, 1.165) is 23.5 Å². The number of hydrogen-bond acceptors (Lipinski definition) is 8. The average Bonchev–Trinajstić information content (AvgIpc) is 2.25. The Labute approximate surface area is 98.5 Å². The molecule has 0 spiro atoms. The second kappa shape index (κ2) is 6.23. The Morgan fingerprint density at radius 1 is 1.00 bits per heavy atom. The number of hydrogen-bond donors (Lipinski definition) is 4. The van der Waals surface area contributed by atoms with E-state index < -0.39 is 11.9 Å². The van der Waals surface area contributed by atoms with Crippen molar-refractivity contribution in [2.75, 3.05) is 11.5 Å². The van der Waals surface area contributed by atoms with E-state index in [2.05, 4.69) is 21.1 Å². The van der Waals surface area contributed by atoms with Crippen LogP contribution in [0.4, 0.5) is 0 Å². The second-order valence-electron chi connectivity index (χ2n) is 2.42. The third-order valence-corrected chi connectivity index (χ3v) is 2.87. The minimum absolute atomic E-state index is 0.124. The smallest absolute Gasteiger partial charge is 0.313 e. The van der Waals surface area contributed by atoms with Gasteiger partial charge in [-0.25, -0.2) is 0 Å². The lowest BCUT2D eigenvalue weighted by molar-refractivity contribution is -0.134. The average molecular weight is 264 g/mol. The van der Waals surface area contributed by atoms with E-state index in [0.29, 0.717) is 10.3 Å². The minimum atomic E-state index is -0.954. The first kappa shape index (κ1) is 12.6. The Kier molecular flexibility index (Phi) is 4.92. The summed E-state index contributed by atoms with van der Waals surface area (Å²) in [7, 11) is 0. The fourth-order valence-electron chi connectivity index (χ4n) is 0.636. The monoisotopic (exact) mass is 264 g/mol. The number of nitrogens with zero attached hydrogens (tertiary/aromatic N) is 2. The molecule has 0 atom stereocenters. The van der Waals surface area contributed by atoms with Crippen LogP contribution in [-0.4, -0.2) is 44.0 Å². The molecule has 16 heavy (non-hydrogen) atoms. The van der Waals surface area contributed by atoms with Crippen LogP contribution in [0.2, 0.25) is 0 Å². The lowest BCUT2D eigenvalue weighted by atomic mass is 10.8. The molecule has 0 aromatic heterocycles. The van der Waals surface area contributed by atoms with E-state index in [4.69, 9.17) is 10.2 Å². The van der Waals surface area contributed by atoms with E-state index in [-0.39, 0.29) is 11.5 Å². The third kappa shape index (κ3) is 4.89. The lowest BCUT2D eigenvalue weighted by Gasteiger charge is -2.12. The molecule has 0 aliphatic carbocycles.